The standard InChI is InChI=1S/C14H22BrNO/c1-4-11(3)13(16-10-12(15)5-2)14(17)8-6-7-9-14/h5,10-11,17H,2,4,6-9H2,1,3H3/b12-10+,16-13+. The zero-order valence-electron chi connectivity index (χ0n) is 10.7. The Balaban J connectivity index is 2.99. The van der Waals surface area contributed by atoms with Gasteiger partial charge in [0.2, 0.25) is 0 Å². The van der Waals surface area contributed by atoms with Gasteiger partial charge in [-0.3, -0.25) is 4.99 Å². The minimum absolute atomic E-state index is 0.319. The highest BCUT2D eigenvalue weighted by molar-refractivity contribution is 9.11. The van der Waals surface area contributed by atoms with Crippen molar-refractivity contribution in [3.05, 3.63) is 23.3 Å². The maximum absolute atomic E-state index is 10.6. The summed E-state index contributed by atoms with van der Waals surface area (Å²) in [5.41, 5.74) is 0.247. The molecule has 0 aromatic carbocycles. The number of halogens is 1. The van der Waals surface area contributed by atoms with Crippen molar-refractivity contribution >= 4 is 21.6 Å². The second-order valence-corrected chi connectivity index (χ2v) is 5.70. The topological polar surface area (TPSA) is 32.6 Å². The molecule has 96 valence electrons. The summed E-state index contributed by atoms with van der Waals surface area (Å²) in [5, 5.41) is 10.6. The zero-order chi connectivity index (χ0) is 12.9. The van der Waals surface area contributed by atoms with Crippen molar-refractivity contribution in [2.75, 3.05) is 0 Å². The molecule has 1 aliphatic rings. The molecule has 2 nitrogen and oxygen atoms in total. The molecular formula is C14H22BrNO. The van der Waals surface area contributed by atoms with Crippen molar-refractivity contribution in [1.82, 2.24) is 0 Å². The Hall–Kier alpha value is -0.410. The summed E-state index contributed by atoms with van der Waals surface area (Å²) in [6, 6.07) is 0. The van der Waals surface area contributed by atoms with Gasteiger partial charge in [-0.15, -0.1) is 0 Å². The molecule has 0 radical (unpaired) electrons. The van der Waals surface area contributed by atoms with E-state index in [-0.39, 0.29) is 0 Å². The van der Waals surface area contributed by atoms with Gasteiger partial charge >= 0.3 is 0 Å². The third-order valence-corrected chi connectivity index (χ3v) is 4.04. The molecule has 1 fully saturated rings. The Bertz CT molecular complexity index is 327. The van der Waals surface area contributed by atoms with Crippen LogP contribution in [-0.2, 0) is 0 Å². The van der Waals surface area contributed by atoms with Crippen molar-refractivity contribution < 1.29 is 5.11 Å². The van der Waals surface area contributed by atoms with E-state index in [9.17, 15) is 5.11 Å². The van der Waals surface area contributed by atoms with Crippen molar-refractivity contribution in [3.63, 3.8) is 0 Å². The average molecular weight is 300 g/mol. The summed E-state index contributed by atoms with van der Waals surface area (Å²) < 4.78 is 0.847. The molecule has 1 saturated carbocycles. The van der Waals surface area contributed by atoms with E-state index in [4.69, 9.17) is 0 Å². The number of hydrogen-bond donors (Lipinski definition) is 1. The van der Waals surface area contributed by atoms with Crippen molar-refractivity contribution in [2.45, 2.75) is 51.6 Å². The lowest BCUT2D eigenvalue weighted by atomic mass is 9.86. The number of aliphatic imine (C=N–C) groups is 1. The van der Waals surface area contributed by atoms with E-state index in [1.54, 1.807) is 12.3 Å². The van der Waals surface area contributed by atoms with Gasteiger partial charge in [-0.25, -0.2) is 0 Å². The van der Waals surface area contributed by atoms with Gasteiger partial charge in [0, 0.05) is 10.7 Å². The maximum atomic E-state index is 10.6. The van der Waals surface area contributed by atoms with Crippen LogP contribution in [0.1, 0.15) is 46.0 Å². The summed E-state index contributed by atoms with van der Waals surface area (Å²) >= 11 is 3.36. The highest BCUT2D eigenvalue weighted by Gasteiger charge is 2.38. The van der Waals surface area contributed by atoms with E-state index in [1.165, 1.54) is 0 Å². The summed E-state index contributed by atoms with van der Waals surface area (Å²) in [7, 11) is 0. The van der Waals surface area contributed by atoms with Crippen LogP contribution in [0.3, 0.4) is 0 Å². The smallest absolute Gasteiger partial charge is 0.103 e. The van der Waals surface area contributed by atoms with Gasteiger partial charge in [0.15, 0.2) is 0 Å². The minimum atomic E-state index is -0.680. The monoisotopic (exact) mass is 299 g/mol. The summed E-state index contributed by atoms with van der Waals surface area (Å²) in [5.74, 6) is 0.319. The molecule has 1 N–H and O–H groups in total. The third kappa shape index (κ3) is 3.78. The fraction of sp³-hybridized carbons (Fsp3) is 0.643. The van der Waals surface area contributed by atoms with Crippen LogP contribution in [-0.4, -0.2) is 16.4 Å². The number of nitrogens with zero attached hydrogens (tertiary/aromatic N) is 1. The molecular weight excluding hydrogens is 278 g/mol. The Kier molecular flexibility index (Phi) is 5.60. The first-order valence-electron chi connectivity index (χ1n) is 6.32. The van der Waals surface area contributed by atoms with Crippen LogP contribution >= 0.6 is 15.9 Å². The average Bonchev–Trinajstić information content (AvgIpc) is 2.76. The minimum Gasteiger partial charge on any atom is -0.384 e. The molecule has 0 bridgehead atoms. The second-order valence-electron chi connectivity index (χ2n) is 4.78. The molecule has 0 aromatic rings. The van der Waals surface area contributed by atoms with Crippen LogP contribution in [0.4, 0.5) is 0 Å². The van der Waals surface area contributed by atoms with E-state index >= 15 is 0 Å². The second kappa shape index (κ2) is 6.50. The van der Waals surface area contributed by atoms with Crippen molar-refractivity contribution in [3.8, 4) is 0 Å². The number of allylic oxidation sites excluding steroid dienone is 2. The predicted molar refractivity (Wildman–Crippen MR) is 77.5 cm³/mol. The van der Waals surface area contributed by atoms with E-state index < -0.39 is 5.60 Å². The lowest BCUT2D eigenvalue weighted by molar-refractivity contribution is 0.115. The number of hydrogen-bond acceptors (Lipinski definition) is 2. The van der Waals surface area contributed by atoms with Crippen LogP contribution in [0.25, 0.3) is 0 Å². The van der Waals surface area contributed by atoms with Crippen LogP contribution < -0.4 is 0 Å². The Morgan fingerprint density at radius 3 is 2.59 bits per heavy atom. The van der Waals surface area contributed by atoms with E-state index in [0.717, 1.165) is 42.3 Å². The molecule has 0 aromatic heterocycles. The predicted octanol–water partition coefficient (Wildman–Crippen LogP) is 4.20. The van der Waals surface area contributed by atoms with Crippen molar-refractivity contribution in [2.24, 2.45) is 10.9 Å². The molecule has 1 atom stereocenters. The molecule has 0 spiro atoms. The van der Waals surface area contributed by atoms with Gasteiger partial charge in [-0.1, -0.05) is 39.3 Å². The van der Waals surface area contributed by atoms with Gasteiger partial charge < -0.3 is 5.11 Å². The maximum Gasteiger partial charge on any atom is 0.103 e. The van der Waals surface area contributed by atoms with Crippen molar-refractivity contribution in [1.29, 1.82) is 0 Å². The van der Waals surface area contributed by atoms with Gasteiger partial charge in [-0.05, 0) is 41.1 Å². The number of rotatable bonds is 5. The molecule has 17 heavy (non-hydrogen) atoms. The molecule has 1 aliphatic carbocycles. The quantitative estimate of drug-likeness (QED) is 0.599. The molecule has 1 unspecified atom stereocenters. The Morgan fingerprint density at radius 2 is 2.12 bits per heavy atom. The molecule has 0 amide bonds. The SMILES string of the molecule is C=C/C(Br)=C\N=C(/C(C)CC)C1(O)CCCC1. The molecule has 0 heterocycles. The lowest BCUT2D eigenvalue weighted by Crippen LogP contribution is -2.39. The summed E-state index contributed by atoms with van der Waals surface area (Å²) in [6.45, 7) is 7.93. The first-order valence-corrected chi connectivity index (χ1v) is 7.11. The third-order valence-electron chi connectivity index (χ3n) is 3.51. The fourth-order valence-corrected chi connectivity index (χ4v) is 2.40. The van der Waals surface area contributed by atoms with E-state index in [1.807, 2.05) is 0 Å². The van der Waals surface area contributed by atoms with Gasteiger partial charge in [-0.2, -0.15) is 0 Å². The normalized spacial score (nSPS) is 22.6. The molecule has 3 heteroatoms. The molecule has 1 rings (SSSR count). The highest BCUT2D eigenvalue weighted by Crippen LogP contribution is 2.34. The van der Waals surface area contributed by atoms with Gasteiger partial charge in [0.05, 0.1) is 5.71 Å². The summed E-state index contributed by atoms with van der Waals surface area (Å²) in [6.07, 6.45) is 8.32. The largest absolute Gasteiger partial charge is 0.384 e. The summed E-state index contributed by atoms with van der Waals surface area (Å²) in [4.78, 5) is 4.51. The first-order chi connectivity index (χ1) is 8.03. The Morgan fingerprint density at radius 1 is 1.53 bits per heavy atom. The van der Waals surface area contributed by atoms with Crippen LogP contribution in [0.2, 0.25) is 0 Å². The fourth-order valence-electron chi connectivity index (χ4n) is 2.30. The lowest BCUT2D eigenvalue weighted by Gasteiger charge is -2.28. The Labute approximate surface area is 113 Å². The zero-order valence-corrected chi connectivity index (χ0v) is 12.3. The van der Waals surface area contributed by atoms with Crippen LogP contribution in [0.5, 0.6) is 0 Å². The van der Waals surface area contributed by atoms with E-state index in [0.29, 0.717) is 5.92 Å². The van der Waals surface area contributed by atoms with Crippen LogP contribution in [0.15, 0.2) is 28.3 Å². The number of aliphatic hydroxyl groups is 1. The van der Waals surface area contributed by atoms with Crippen LogP contribution in [0, 0.1) is 5.92 Å². The molecule has 0 saturated heterocycles. The molecule has 0 aliphatic heterocycles. The highest BCUT2D eigenvalue weighted by atomic mass is 79.9. The van der Waals surface area contributed by atoms with Gasteiger partial charge in [0.25, 0.3) is 0 Å². The van der Waals surface area contributed by atoms with E-state index in [2.05, 4.69) is 41.3 Å². The first kappa shape index (κ1) is 14.7. The van der Waals surface area contributed by atoms with Gasteiger partial charge in [0.1, 0.15) is 5.60 Å².